The van der Waals surface area contributed by atoms with Crippen molar-refractivity contribution in [3.8, 4) is 5.75 Å². The molecule has 0 spiro atoms. The molecule has 0 bridgehead atoms. The number of ether oxygens (including phenoxy) is 2. The Kier molecular flexibility index (Phi) is 7.24. The number of carbonyl (C=O) groups excluding carboxylic acids is 3. The van der Waals surface area contributed by atoms with Crippen LogP contribution >= 0.6 is 0 Å². The monoisotopic (exact) mass is 458 g/mol. The molecule has 32 heavy (non-hydrogen) atoms. The molecule has 0 radical (unpaired) electrons. The number of urea groups is 1. The minimum Gasteiger partial charge on any atom is -0.406 e. The lowest BCUT2D eigenvalue weighted by Crippen LogP contribution is -2.55. The van der Waals surface area contributed by atoms with E-state index < -0.39 is 24.1 Å². The standard InChI is InChI=1S/C20H25F3N4O5/c1-13(28)27(24)18(29)16-10-15(14-2-4-17(5-3-14)32-20(21,22)23)11-26(12-16)19(30)25-6-8-31-9-7-25/h2-5,15-16H,6-12,24H2,1H3. The molecule has 2 heterocycles. The lowest BCUT2D eigenvalue weighted by Gasteiger charge is -2.41. The van der Waals surface area contributed by atoms with Crippen LogP contribution in [-0.2, 0) is 14.3 Å². The second kappa shape index (κ2) is 9.74. The number of halogens is 3. The summed E-state index contributed by atoms with van der Waals surface area (Å²) in [4.78, 5) is 40.5. The Morgan fingerprint density at radius 1 is 1.09 bits per heavy atom. The van der Waals surface area contributed by atoms with Gasteiger partial charge < -0.3 is 19.3 Å². The van der Waals surface area contributed by atoms with Gasteiger partial charge in [0.1, 0.15) is 5.75 Å². The number of benzene rings is 1. The van der Waals surface area contributed by atoms with Crippen LogP contribution in [0.4, 0.5) is 18.0 Å². The van der Waals surface area contributed by atoms with Crippen LogP contribution in [0.25, 0.3) is 0 Å². The number of alkyl halides is 3. The molecule has 4 amide bonds. The van der Waals surface area contributed by atoms with E-state index in [0.29, 0.717) is 36.9 Å². The second-order valence-electron chi connectivity index (χ2n) is 7.76. The Bertz CT molecular complexity index is 843. The predicted molar refractivity (Wildman–Crippen MR) is 105 cm³/mol. The summed E-state index contributed by atoms with van der Waals surface area (Å²) < 4.78 is 46.5. The van der Waals surface area contributed by atoms with E-state index >= 15 is 0 Å². The largest absolute Gasteiger partial charge is 0.573 e. The molecule has 9 nitrogen and oxygen atoms in total. The molecule has 0 aliphatic carbocycles. The Hall–Kier alpha value is -2.86. The van der Waals surface area contributed by atoms with Gasteiger partial charge in [-0.05, 0) is 24.1 Å². The summed E-state index contributed by atoms with van der Waals surface area (Å²) in [5.41, 5.74) is 0.642. The maximum atomic E-state index is 13.0. The fraction of sp³-hybridized carbons (Fsp3) is 0.550. The third-order valence-electron chi connectivity index (χ3n) is 5.51. The van der Waals surface area contributed by atoms with Gasteiger partial charge in [0.05, 0.1) is 19.1 Å². The molecule has 0 aromatic heterocycles. The van der Waals surface area contributed by atoms with Crippen LogP contribution in [-0.4, -0.2) is 78.4 Å². The van der Waals surface area contributed by atoms with Crippen molar-refractivity contribution < 1.29 is 37.0 Å². The van der Waals surface area contributed by atoms with Crippen molar-refractivity contribution in [2.24, 2.45) is 11.8 Å². The van der Waals surface area contributed by atoms with Crippen molar-refractivity contribution in [3.05, 3.63) is 29.8 Å². The van der Waals surface area contributed by atoms with E-state index in [1.807, 2.05) is 0 Å². The number of nitrogens with zero attached hydrogens (tertiary/aromatic N) is 3. The van der Waals surface area contributed by atoms with Crippen molar-refractivity contribution in [3.63, 3.8) is 0 Å². The zero-order chi connectivity index (χ0) is 23.5. The van der Waals surface area contributed by atoms with Crippen LogP contribution in [0.3, 0.4) is 0 Å². The fourth-order valence-electron chi connectivity index (χ4n) is 3.92. The maximum Gasteiger partial charge on any atom is 0.573 e. The molecular formula is C20H25F3N4O5. The molecule has 12 heteroatoms. The Balaban J connectivity index is 1.81. The number of morpholine rings is 1. The van der Waals surface area contributed by atoms with Gasteiger partial charge in [0.2, 0.25) is 11.8 Å². The summed E-state index contributed by atoms with van der Waals surface area (Å²) in [7, 11) is 0. The van der Waals surface area contributed by atoms with Crippen LogP contribution in [0.1, 0.15) is 24.8 Å². The van der Waals surface area contributed by atoms with E-state index in [2.05, 4.69) is 4.74 Å². The average molecular weight is 458 g/mol. The van der Waals surface area contributed by atoms with E-state index in [0.717, 1.165) is 6.92 Å². The zero-order valence-corrected chi connectivity index (χ0v) is 17.5. The summed E-state index contributed by atoms with van der Waals surface area (Å²) in [5, 5.41) is 0.532. The molecule has 3 rings (SSSR count). The van der Waals surface area contributed by atoms with Crippen LogP contribution in [0.15, 0.2) is 24.3 Å². The predicted octanol–water partition coefficient (Wildman–Crippen LogP) is 1.69. The lowest BCUT2D eigenvalue weighted by molar-refractivity contribution is -0.274. The van der Waals surface area contributed by atoms with Crippen molar-refractivity contribution >= 4 is 17.8 Å². The average Bonchev–Trinajstić information content (AvgIpc) is 2.77. The van der Waals surface area contributed by atoms with Crippen LogP contribution in [0.5, 0.6) is 5.75 Å². The molecular weight excluding hydrogens is 433 g/mol. The first-order valence-electron chi connectivity index (χ1n) is 10.1. The first kappa shape index (κ1) is 23.8. The van der Waals surface area contributed by atoms with E-state index in [9.17, 15) is 27.6 Å². The highest BCUT2D eigenvalue weighted by Crippen LogP contribution is 2.33. The summed E-state index contributed by atoms with van der Waals surface area (Å²) in [6.45, 7) is 3.16. The maximum absolute atomic E-state index is 13.0. The highest BCUT2D eigenvalue weighted by molar-refractivity contribution is 5.95. The molecule has 2 aliphatic heterocycles. The van der Waals surface area contributed by atoms with Crippen LogP contribution in [0, 0.1) is 5.92 Å². The van der Waals surface area contributed by atoms with E-state index in [-0.39, 0.29) is 37.2 Å². The Labute approximate surface area is 182 Å². The number of carbonyl (C=O) groups is 3. The number of hydrogen-bond acceptors (Lipinski definition) is 6. The molecule has 2 fully saturated rings. The number of nitrogens with two attached hydrogens (primary N) is 1. The second-order valence-corrected chi connectivity index (χ2v) is 7.76. The number of hydrogen-bond donors (Lipinski definition) is 1. The molecule has 1 aromatic carbocycles. The van der Waals surface area contributed by atoms with Gasteiger partial charge in [0.25, 0.3) is 0 Å². The highest BCUT2D eigenvalue weighted by Gasteiger charge is 2.38. The van der Waals surface area contributed by atoms with Crippen molar-refractivity contribution in [2.45, 2.75) is 25.6 Å². The number of piperidine rings is 1. The van der Waals surface area contributed by atoms with Gasteiger partial charge in [-0.15, -0.1) is 13.2 Å². The quantitative estimate of drug-likeness (QED) is 0.420. The third kappa shape index (κ3) is 5.88. The topological polar surface area (TPSA) is 105 Å². The van der Waals surface area contributed by atoms with Gasteiger partial charge in [-0.2, -0.15) is 0 Å². The molecule has 176 valence electrons. The van der Waals surface area contributed by atoms with Gasteiger partial charge in [-0.25, -0.2) is 15.6 Å². The van der Waals surface area contributed by atoms with E-state index in [4.69, 9.17) is 10.6 Å². The number of hydrazine groups is 1. The zero-order valence-electron chi connectivity index (χ0n) is 17.5. The van der Waals surface area contributed by atoms with Crippen LogP contribution < -0.4 is 10.6 Å². The highest BCUT2D eigenvalue weighted by atomic mass is 19.4. The smallest absolute Gasteiger partial charge is 0.406 e. The fourth-order valence-corrected chi connectivity index (χ4v) is 3.92. The molecule has 2 atom stereocenters. The van der Waals surface area contributed by atoms with Gasteiger partial charge >= 0.3 is 12.4 Å². The number of amides is 4. The van der Waals surface area contributed by atoms with Crippen molar-refractivity contribution in [1.29, 1.82) is 0 Å². The SMILES string of the molecule is CC(=O)N(N)C(=O)C1CC(c2ccc(OC(F)(F)F)cc2)CN(C(=O)N2CCOCC2)C1. The molecule has 2 N–H and O–H groups in total. The minimum absolute atomic E-state index is 0.0851. The number of likely N-dealkylation sites (tertiary alicyclic amines) is 1. The number of rotatable bonds is 3. The van der Waals surface area contributed by atoms with Gasteiger partial charge in [0, 0.05) is 39.0 Å². The molecule has 2 saturated heterocycles. The first-order chi connectivity index (χ1) is 15.0. The van der Waals surface area contributed by atoms with Gasteiger partial charge in [-0.1, -0.05) is 12.1 Å². The van der Waals surface area contributed by atoms with Crippen molar-refractivity contribution in [1.82, 2.24) is 14.8 Å². The van der Waals surface area contributed by atoms with Crippen LogP contribution in [0.2, 0.25) is 0 Å². The Morgan fingerprint density at radius 3 is 2.28 bits per heavy atom. The Morgan fingerprint density at radius 2 is 1.72 bits per heavy atom. The van der Waals surface area contributed by atoms with Gasteiger partial charge in [0.15, 0.2) is 0 Å². The molecule has 2 unspecified atom stereocenters. The molecule has 1 aromatic rings. The summed E-state index contributed by atoms with van der Waals surface area (Å²) >= 11 is 0. The molecule has 0 saturated carbocycles. The van der Waals surface area contributed by atoms with E-state index in [1.165, 1.54) is 29.2 Å². The minimum atomic E-state index is -4.80. The molecule has 2 aliphatic rings. The summed E-state index contributed by atoms with van der Waals surface area (Å²) in [5.74, 6) is 2.91. The van der Waals surface area contributed by atoms with E-state index in [1.54, 1.807) is 4.90 Å². The first-order valence-corrected chi connectivity index (χ1v) is 10.1. The summed E-state index contributed by atoms with van der Waals surface area (Å²) in [6.07, 6.45) is -4.52. The lowest BCUT2D eigenvalue weighted by atomic mass is 9.84. The summed E-state index contributed by atoms with van der Waals surface area (Å²) in [6, 6.07) is 5.06. The number of imide groups is 1. The normalized spacial score (nSPS) is 21.8. The van der Waals surface area contributed by atoms with Gasteiger partial charge in [-0.3, -0.25) is 9.59 Å². The van der Waals surface area contributed by atoms with Crippen molar-refractivity contribution in [2.75, 3.05) is 39.4 Å². The third-order valence-corrected chi connectivity index (χ3v) is 5.51.